The first-order valence-electron chi connectivity index (χ1n) is 12.7. The predicted molar refractivity (Wildman–Crippen MR) is 144 cm³/mol. The second-order valence-electron chi connectivity index (χ2n) is 9.82. The highest BCUT2D eigenvalue weighted by molar-refractivity contribution is 7.89. The van der Waals surface area contributed by atoms with Gasteiger partial charge in [-0.25, -0.2) is 8.42 Å². The molecule has 2 fully saturated rings. The van der Waals surface area contributed by atoms with Crippen LogP contribution in [-0.4, -0.2) is 72.6 Å². The van der Waals surface area contributed by atoms with Crippen molar-refractivity contribution in [3.8, 4) is 0 Å². The maximum absolute atomic E-state index is 13.6. The molecule has 0 unspecified atom stereocenters. The van der Waals surface area contributed by atoms with Crippen molar-refractivity contribution >= 4 is 33.2 Å². The summed E-state index contributed by atoms with van der Waals surface area (Å²) in [6.07, 6.45) is 4.33. The van der Waals surface area contributed by atoms with E-state index >= 15 is 0 Å². The number of nitrogens with zero attached hydrogens (tertiary/aromatic N) is 5. The topological polar surface area (TPSA) is 78.8 Å². The fourth-order valence-corrected chi connectivity index (χ4v) is 6.97. The zero-order chi connectivity index (χ0) is 26.0. The fraction of sp³-hybridized carbons (Fsp3) is 0.407. The molecule has 0 spiro atoms. The highest BCUT2D eigenvalue weighted by Gasteiger charge is 2.36. The number of rotatable bonds is 6. The van der Waals surface area contributed by atoms with Crippen molar-refractivity contribution in [2.24, 2.45) is 13.0 Å². The molecule has 0 saturated carbocycles. The third-order valence-electron chi connectivity index (χ3n) is 7.29. The average molecular weight is 542 g/mol. The average Bonchev–Trinajstić information content (AvgIpc) is 3.32. The van der Waals surface area contributed by atoms with Gasteiger partial charge in [0.1, 0.15) is 0 Å². The Bertz CT molecular complexity index is 1350. The SMILES string of the molecule is Cn1cc(C(=O)N2CCC(Cc3ccccc3)CC2)c(S(=O)(=O)N2CCN(c3cccc(Cl)c3)CC2)n1. The van der Waals surface area contributed by atoms with Crippen LogP contribution in [0.15, 0.2) is 65.8 Å². The first kappa shape index (κ1) is 25.8. The molecule has 2 aromatic carbocycles. The Morgan fingerprint density at radius 1 is 0.973 bits per heavy atom. The second kappa shape index (κ2) is 10.8. The number of hydrogen-bond acceptors (Lipinski definition) is 5. The van der Waals surface area contributed by atoms with Crippen molar-refractivity contribution in [3.63, 3.8) is 0 Å². The molecule has 8 nitrogen and oxygen atoms in total. The number of carbonyl (C=O) groups is 1. The van der Waals surface area contributed by atoms with Gasteiger partial charge in [-0.1, -0.05) is 48.0 Å². The number of amides is 1. The molecule has 0 atom stereocenters. The zero-order valence-electron chi connectivity index (χ0n) is 21.0. The molecule has 196 valence electrons. The maximum atomic E-state index is 13.6. The molecular weight excluding hydrogens is 510 g/mol. The number of piperazine rings is 1. The molecule has 0 radical (unpaired) electrons. The standard InChI is InChI=1S/C27H32ClN5O3S/c1-30-20-25(27(34)32-12-10-22(11-13-32)18-21-6-3-2-4-7-21)26(29-30)37(35,36)33-16-14-31(15-17-33)24-9-5-8-23(28)19-24/h2-9,19-20,22H,10-18H2,1H3. The molecule has 1 amide bonds. The monoisotopic (exact) mass is 541 g/mol. The minimum absolute atomic E-state index is 0.150. The Morgan fingerprint density at radius 2 is 1.68 bits per heavy atom. The number of carbonyl (C=O) groups excluding carboxylic acids is 1. The summed E-state index contributed by atoms with van der Waals surface area (Å²) in [7, 11) is -2.27. The number of piperidine rings is 1. The number of aromatic nitrogens is 2. The molecule has 2 aliphatic heterocycles. The largest absolute Gasteiger partial charge is 0.369 e. The Kier molecular flexibility index (Phi) is 7.55. The van der Waals surface area contributed by atoms with E-state index in [1.165, 1.54) is 20.7 Å². The van der Waals surface area contributed by atoms with Crippen molar-refractivity contribution in [1.29, 1.82) is 0 Å². The van der Waals surface area contributed by atoms with E-state index in [1.54, 1.807) is 11.9 Å². The first-order chi connectivity index (χ1) is 17.8. The van der Waals surface area contributed by atoms with Gasteiger partial charge in [-0.15, -0.1) is 0 Å². The van der Waals surface area contributed by atoms with Crippen LogP contribution >= 0.6 is 11.6 Å². The molecule has 3 aromatic rings. The summed E-state index contributed by atoms with van der Waals surface area (Å²) >= 11 is 6.12. The summed E-state index contributed by atoms with van der Waals surface area (Å²) < 4.78 is 30.1. The van der Waals surface area contributed by atoms with Crippen LogP contribution in [-0.2, 0) is 23.5 Å². The number of hydrogen-bond donors (Lipinski definition) is 0. The van der Waals surface area contributed by atoms with Crippen molar-refractivity contribution in [2.45, 2.75) is 24.3 Å². The molecular formula is C27H32ClN5O3S. The maximum Gasteiger partial charge on any atom is 0.263 e. The lowest BCUT2D eigenvalue weighted by atomic mass is 9.90. The van der Waals surface area contributed by atoms with Gasteiger partial charge in [0, 0.05) is 63.2 Å². The third-order valence-corrected chi connectivity index (χ3v) is 9.36. The van der Waals surface area contributed by atoms with Gasteiger partial charge in [0.15, 0.2) is 0 Å². The minimum atomic E-state index is -3.92. The van der Waals surface area contributed by atoms with Gasteiger partial charge in [0.25, 0.3) is 15.9 Å². The van der Waals surface area contributed by atoms with Gasteiger partial charge in [0.2, 0.25) is 5.03 Å². The van der Waals surface area contributed by atoms with E-state index in [0.29, 0.717) is 50.2 Å². The molecule has 0 aliphatic carbocycles. The predicted octanol–water partition coefficient (Wildman–Crippen LogP) is 3.68. The van der Waals surface area contributed by atoms with Crippen molar-refractivity contribution in [2.75, 3.05) is 44.2 Å². The molecule has 37 heavy (non-hydrogen) atoms. The van der Waals surface area contributed by atoms with E-state index in [2.05, 4.69) is 34.3 Å². The number of likely N-dealkylation sites (tertiary alicyclic amines) is 1. The van der Waals surface area contributed by atoms with Gasteiger partial charge in [-0.3, -0.25) is 9.48 Å². The Labute approximate surface area is 223 Å². The van der Waals surface area contributed by atoms with E-state index in [-0.39, 0.29) is 16.5 Å². The van der Waals surface area contributed by atoms with Crippen LogP contribution in [0.2, 0.25) is 5.02 Å². The summed E-state index contributed by atoms with van der Waals surface area (Å²) in [5.74, 6) is 0.252. The summed E-state index contributed by atoms with van der Waals surface area (Å²) in [5, 5.41) is 4.74. The highest BCUT2D eigenvalue weighted by atomic mass is 35.5. The molecule has 5 rings (SSSR count). The lowest BCUT2D eigenvalue weighted by molar-refractivity contribution is 0.0686. The summed E-state index contributed by atoms with van der Waals surface area (Å²) in [6.45, 7) is 2.91. The van der Waals surface area contributed by atoms with Crippen molar-refractivity contribution in [3.05, 3.63) is 76.9 Å². The van der Waals surface area contributed by atoms with Crippen LogP contribution in [0.1, 0.15) is 28.8 Å². The molecule has 2 saturated heterocycles. The van der Waals surface area contributed by atoms with Crippen LogP contribution in [0.4, 0.5) is 5.69 Å². The Morgan fingerprint density at radius 3 is 2.35 bits per heavy atom. The van der Waals surface area contributed by atoms with Crippen molar-refractivity contribution in [1.82, 2.24) is 19.0 Å². The molecule has 0 N–H and O–H groups in total. The van der Waals surface area contributed by atoms with Crippen LogP contribution in [0.25, 0.3) is 0 Å². The number of aryl methyl sites for hydroxylation is 1. The van der Waals surface area contributed by atoms with Gasteiger partial charge < -0.3 is 9.80 Å². The molecule has 10 heteroatoms. The quantitative estimate of drug-likeness (QED) is 0.476. The first-order valence-corrected chi connectivity index (χ1v) is 14.5. The fourth-order valence-electron chi connectivity index (χ4n) is 5.25. The third kappa shape index (κ3) is 5.68. The molecule has 1 aromatic heterocycles. The Balaban J connectivity index is 1.25. The van der Waals surface area contributed by atoms with Gasteiger partial charge in [0.05, 0.1) is 5.56 Å². The summed E-state index contributed by atoms with van der Waals surface area (Å²) in [4.78, 5) is 17.4. The van der Waals surface area contributed by atoms with E-state index in [1.807, 2.05) is 30.3 Å². The number of benzene rings is 2. The normalized spacial score (nSPS) is 17.8. The van der Waals surface area contributed by atoms with Crippen LogP contribution in [0.5, 0.6) is 0 Å². The lowest BCUT2D eigenvalue weighted by Crippen LogP contribution is -2.49. The van der Waals surface area contributed by atoms with E-state index < -0.39 is 10.0 Å². The number of anilines is 1. The Hall–Kier alpha value is -2.88. The van der Waals surface area contributed by atoms with Gasteiger partial charge >= 0.3 is 0 Å². The highest BCUT2D eigenvalue weighted by Crippen LogP contribution is 2.27. The lowest BCUT2D eigenvalue weighted by Gasteiger charge is -2.35. The van der Waals surface area contributed by atoms with E-state index in [9.17, 15) is 13.2 Å². The summed E-state index contributed by atoms with van der Waals surface area (Å²) in [5.41, 5.74) is 2.43. The smallest absolute Gasteiger partial charge is 0.263 e. The van der Waals surface area contributed by atoms with E-state index in [0.717, 1.165) is 24.9 Å². The zero-order valence-corrected chi connectivity index (χ0v) is 22.5. The minimum Gasteiger partial charge on any atom is -0.369 e. The van der Waals surface area contributed by atoms with Crippen LogP contribution in [0, 0.1) is 5.92 Å². The van der Waals surface area contributed by atoms with Gasteiger partial charge in [-0.05, 0) is 48.9 Å². The van der Waals surface area contributed by atoms with Crippen LogP contribution < -0.4 is 4.90 Å². The van der Waals surface area contributed by atoms with Gasteiger partial charge in [-0.2, -0.15) is 9.40 Å². The summed E-state index contributed by atoms with van der Waals surface area (Å²) in [6, 6.07) is 17.9. The van der Waals surface area contributed by atoms with Crippen LogP contribution in [0.3, 0.4) is 0 Å². The van der Waals surface area contributed by atoms with Crippen molar-refractivity contribution < 1.29 is 13.2 Å². The molecule has 2 aliphatic rings. The second-order valence-corrected chi connectivity index (χ2v) is 12.1. The molecule has 3 heterocycles. The molecule has 0 bridgehead atoms. The number of halogens is 1. The number of sulfonamides is 1. The van der Waals surface area contributed by atoms with E-state index in [4.69, 9.17) is 11.6 Å².